The highest BCUT2D eigenvalue weighted by molar-refractivity contribution is 5.88. The maximum absolute atomic E-state index is 11.7. The zero-order valence-corrected chi connectivity index (χ0v) is 13.2. The van der Waals surface area contributed by atoms with Gasteiger partial charge in [0.05, 0.1) is 0 Å². The van der Waals surface area contributed by atoms with Gasteiger partial charge in [-0.3, -0.25) is 4.79 Å². The third kappa shape index (κ3) is 3.95. The van der Waals surface area contributed by atoms with E-state index in [1.807, 2.05) is 31.1 Å². The Morgan fingerprint density at radius 1 is 1.33 bits per heavy atom. The number of H-pyrrole nitrogens is 1. The van der Waals surface area contributed by atoms with Gasteiger partial charge in [0, 0.05) is 35.8 Å². The van der Waals surface area contributed by atoms with E-state index >= 15 is 0 Å². The van der Waals surface area contributed by atoms with E-state index in [0.717, 1.165) is 17.6 Å². The highest BCUT2D eigenvalue weighted by Crippen LogP contribution is 2.22. The molecule has 1 aromatic carbocycles. The van der Waals surface area contributed by atoms with E-state index in [-0.39, 0.29) is 5.91 Å². The van der Waals surface area contributed by atoms with Crippen molar-refractivity contribution in [1.29, 1.82) is 0 Å². The van der Waals surface area contributed by atoms with Crippen molar-refractivity contribution in [3.8, 4) is 0 Å². The number of fused-ring (bicyclic) bond motifs is 1. The van der Waals surface area contributed by atoms with Crippen molar-refractivity contribution in [2.75, 3.05) is 20.6 Å². The van der Waals surface area contributed by atoms with Crippen molar-refractivity contribution in [1.82, 2.24) is 15.2 Å². The van der Waals surface area contributed by atoms with Gasteiger partial charge in [-0.05, 0) is 51.2 Å². The van der Waals surface area contributed by atoms with Gasteiger partial charge in [0.25, 0.3) is 0 Å². The third-order valence-corrected chi connectivity index (χ3v) is 3.58. The fourth-order valence-corrected chi connectivity index (χ4v) is 2.24. The molecule has 0 saturated heterocycles. The number of benzene rings is 1. The molecule has 0 atom stereocenters. The summed E-state index contributed by atoms with van der Waals surface area (Å²) in [4.78, 5) is 17.1. The molecular formula is C17H23N3O. The minimum absolute atomic E-state index is 0.0566. The molecule has 0 aliphatic rings. The lowest BCUT2D eigenvalue weighted by molar-refractivity contribution is -0.116. The van der Waals surface area contributed by atoms with Gasteiger partial charge in [0.15, 0.2) is 0 Å². The lowest BCUT2D eigenvalue weighted by atomic mass is 10.1. The number of aromatic nitrogens is 1. The van der Waals surface area contributed by atoms with Crippen LogP contribution >= 0.6 is 0 Å². The quantitative estimate of drug-likeness (QED) is 0.829. The Morgan fingerprint density at radius 3 is 2.81 bits per heavy atom. The van der Waals surface area contributed by atoms with Crippen LogP contribution in [0.5, 0.6) is 0 Å². The van der Waals surface area contributed by atoms with Crippen molar-refractivity contribution in [3.05, 3.63) is 47.2 Å². The second kappa shape index (κ2) is 6.59. The number of rotatable bonds is 5. The number of carbonyl (C=O) groups excluding carboxylic acids is 1. The topological polar surface area (TPSA) is 48.1 Å². The molecule has 0 spiro atoms. The minimum atomic E-state index is -0.0566. The molecule has 1 amide bonds. The number of carbonyl (C=O) groups is 1. The molecule has 0 saturated carbocycles. The lowest BCUT2D eigenvalue weighted by Gasteiger charge is -2.05. The molecule has 0 radical (unpaired) electrons. The van der Waals surface area contributed by atoms with Gasteiger partial charge in [-0.25, -0.2) is 0 Å². The van der Waals surface area contributed by atoms with E-state index < -0.39 is 0 Å². The van der Waals surface area contributed by atoms with Crippen LogP contribution in [-0.2, 0) is 11.3 Å². The van der Waals surface area contributed by atoms with Crippen LogP contribution in [0.3, 0.4) is 0 Å². The number of nitrogens with zero attached hydrogens (tertiary/aromatic N) is 1. The summed E-state index contributed by atoms with van der Waals surface area (Å²) < 4.78 is 0. The van der Waals surface area contributed by atoms with E-state index in [9.17, 15) is 4.79 Å². The number of nitrogens with one attached hydrogen (secondary N) is 2. The van der Waals surface area contributed by atoms with Crippen molar-refractivity contribution in [2.24, 2.45) is 0 Å². The van der Waals surface area contributed by atoms with Gasteiger partial charge < -0.3 is 15.2 Å². The molecule has 21 heavy (non-hydrogen) atoms. The second-order valence-corrected chi connectivity index (χ2v) is 5.64. The summed E-state index contributed by atoms with van der Waals surface area (Å²) in [6.45, 7) is 5.50. The molecule has 2 aromatic rings. The van der Waals surface area contributed by atoms with Gasteiger partial charge in [0.1, 0.15) is 0 Å². The number of hydrogen-bond acceptors (Lipinski definition) is 2. The Labute approximate surface area is 125 Å². The molecule has 112 valence electrons. The zero-order valence-electron chi connectivity index (χ0n) is 13.2. The first-order chi connectivity index (χ1) is 9.97. The molecule has 4 heteroatoms. The molecule has 0 bridgehead atoms. The monoisotopic (exact) mass is 285 g/mol. The summed E-state index contributed by atoms with van der Waals surface area (Å²) in [6, 6.07) is 6.25. The average molecular weight is 285 g/mol. The van der Waals surface area contributed by atoms with Gasteiger partial charge >= 0.3 is 0 Å². The molecule has 0 aliphatic heterocycles. The Balaban J connectivity index is 1.99. The number of likely N-dealkylation sites (N-methyl/N-ethyl adjacent to an activating group) is 1. The summed E-state index contributed by atoms with van der Waals surface area (Å²) in [7, 11) is 3.94. The van der Waals surface area contributed by atoms with Gasteiger partial charge in [-0.1, -0.05) is 12.1 Å². The van der Waals surface area contributed by atoms with E-state index in [1.165, 1.54) is 16.6 Å². The zero-order chi connectivity index (χ0) is 15.4. The van der Waals surface area contributed by atoms with Gasteiger partial charge in [0.2, 0.25) is 5.91 Å². The minimum Gasteiger partial charge on any atom is -0.358 e. The van der Waals surface area contributed by atoms with E-state index in [1.54, 1.807) is 6.08 Å². The van der Waals surface area contributed by atoms with E-state index in [2.05, 4.69) is 36.3 Å². The first kappa shape index (κ1) is 15.3. The first-order valence-corrected chi connectivity index (χ1v) is 7.14. The normalized spacial score (nSPS) is 11.7. The molecule has 2 rings (SSSR count). The van der Waals surface area contributed by atoms with Crippen LogP contribution in [0.25, 0.3) is 10.9 Å². The third-order valence-electron chi connectivity index (χ3n) is 3.58. The van der Waals surface area contributed by atoms with Gasteiger partial charge in [-0.15, -0.1) is 0 Å². The maximum atomic E-state index is 11.7. The Hall–Kier alpha value is -2.07. The number of aryl methyl sites for hydroxylation is 2. The lowest BCUT2D eigenvalue weighted by Crippen LogP contribution is -2.21. The van der Waals surface area contributed by atoms with Crippen LogP contribution in [0.1, 0.15) is 16.8 Å². The van der Waals surface area contributed by atoms with Crippen LogP contribution in [0.2, 0.25) is 0 Å². The predicted molar refractivity (Wildman–Crippen MR) is 87.3 cm³/mol. The summed E-state index contributed by atoms with van der Waals surface area (Å²) in [5, 5.41) is 4.13. The summed E-state index contributed by atoms with van der Waals surface area (Å²) in [6.07, 6.45) is 3.45. The number of amides is 1. The standard InChI is InChI=1S/C17H23N3O/c1-12-13(2)19-16-8-7-14(10-15(12)16)11-18-17(21)6-5-9-20(3)4/h5-8,10,19H,9,11H2,1-4H3,(H,18,21)/b6-5+. The highest BCUT2D eigenvalue weighted by atomic mass is 16.1. The van der Waals surface area contributed by atoms with Crippen molar-refractivity contribution in [3.63, 3.8) is 0 Å². The van der Waals surface area contributed by atoms with E-state index in [4.69, 9.17) is 0 Å². The van der Waals surface area contributed by atoms with E-state index in [0.29, 0.717) is 6.54 Å². The van der Waals surface area contributed by atoms with Crippen molar-refractivity contribution >= 4 is 16.8 Å². The smallest absolute Gasteiger partial charge is 0.243 e. The molecule has 0 aliphatic carbocycles. The second-order valence-electron chi connectivity index (χ2n) is 5.64. The summed E-state index contributed by atoms with van der Waals surface area (Å²) in [5.41, 5.74) is 4.71. The molecular weight excluding hydrogens is 262 g/mol. The van der Waals surface area contributed by atoms with Crippen LogP contribution < -0.4 is 5.32 Å². The van der Waals surface area contributed by atoms with Crippen molar-refractivity contribution in [2.45, 2.75) is 20.4 Å². The summed E-state index contributed by atoms with van der Waals surface area (Å²) in [5.74, 6) is -0.0566. The molecule has 4 nitrogen and oxygen atoms in total. The molecule has 0 unspecified atom stereocenters. The largest absolute Gasteiger partial charge is 0.358 e. The molecule has 1 aromatic heterocycles. The van der Waals surface area contributed by atoms with Crippen LogP contribution in [0.15, 0.2) is 30.4 Å². The van der Waals surface area contributed by atoms with Crippen LogP contribution in [0, 0.1) is 13.8 Å². The first-order valence-electron chi connectivity index (χ1n) is 7.14. The van der Waals surface area contributed by atoms with Crippen molar-refractivity contribution < 1.29 is 4.79 Å². The summed E-state index contributed by atoms with van der Waals surface area (Å²) >= 11 is 0. The Morgan fingerprint density at radius 2 is 2.10 bits per heavy atom. The highest BCUT2D eigenvalue weighted by Gasteiger charge is 2.05. The molecule has 2 N–H and O–H groups in total. The number of aromatic amines is 1. The predicted octanol–water partition coefficient (Wildman–Crippen LogP) is 2.52. The van der Waals surface area contributed by atoms with Crippen LogP contribution in [-0.4, -0.2) is 36.4 Å². The number of hydrogen-bond donors (Lipinski definition) is 2. The van der Waals surface area contributed by atoms with Crippen LogP contribution in [0.4, 0.5) is 0 Å². The maximum Gasteiger partial charge on any atom is 0.243 e. The fourth-order valence-electron chi connectivity index (χ4n) is 2.24. The fraction of sp³-hybridized carbons (Fsp3) is 0.353. The average Bonchev–Trinajstić information content (AvgIpc) is 2.71. The SMILES string of the molecule is Cc1[nH]c2ccc(CNC(=O)/C=C/CN(C)C)cc2c1C. The van der Waals surface area contributed by atoms with Gasteiger partial charge in [-0.2, -0.15) is 0 Å². The molecule has 0 fully saturated rings. The molecule has 1 heterocycles. The Kier molecular flexibility index (Phi) is 4.81. The Bertz CT molecular complexity index is 668.